The fraction of sp³-hybridized carbons (Fsp3) is 0.375. The van der Waals surface area contributed by atoms with Crippen LogP contribution in [0.4, 0.5) is 5.69 Å². The zero-order valence-corrected chi connectivity index (χ0v) is 24.6. The maximum atomic E-state index is 14.2. The van der Waals surface area contributed by atoms with Crippen molar-refractivity contribution in [1.29, 1.82) is 5.26 Å². The molecular formula is C32H33N5O2S2. The molecule has 1 saturated carbocycles. The minimum absolute atomic E-state index is 0.000471. The van der Waals surface area contributed by atoms with E-state index in [1.807, 2.05) is 76.3 Å². The quantitative estimate of drug-likeness (QED) is 0.254. The number of imidazole rings is 1. The molecular weight excluding hydrogens is 551 g/mol. The van der Waals surface area contributed by atoms with Crippen LogP contribution in [0.5, 0.6) is 0 Å². The molecule has 3 heterocycles. The number of carbonyl (C=O) groups is 2. The average Bonchev–Trinajstić information content (AvgIpc) is 3.67. The lowest BCUT2D eigenvalue weighted by Gasteiger charge is -2.30. The summed E-state index contributed by atoms with van der Waals surface area (Å²) in [7, 11) is 0. The summed E-state index contributed by atoms with van der Waals surface area (Å²) < 4.78 is 3.09. The number of thioether (sulfide) groups is 1. The highest BCUT2D eigenvalue weighted by Gasteiger charge is 2.30. The molecule has 1 aliphatic heterocycles. The molecule has 0 bridgehead atoms. The fourth-order valence-electron chi connectivity index (χ4n) is 5.83. The highest BCUT2D eigenvalue weighted by molar-refractivity contribution is 7.99. The van der Waals surface area contributed by atoms with Gasteiger partial charge in [-0.05, 0) is 48.7 Å². The Kier molecular flexibility index (Phi) is 8.40. The molecule has 0 atom stereocenters. The Labute approximate surface area is 248 Å². The number of nitrogens with zero attached hydrogens (tertiary/aromatic N) is 5. The molecule has 0 spiro atoms. The van der Waals surface area contributed by atoms with E-state index in [0.29, 0.717) is 18.7 Å². The molecule has 2 amide bonds. The number of anilines is 1. The molecule has 210 valence electrons. The van der Waals surface area contributed by atoms with Crippen molar-refractivity contribution in [2.24, 2.45) is 5.92 Å². The second-order valence-electron chi connectivity index (χ2n) is 10.8. The number of thiophene rings is 1. The van der Waals surface area contributed by atoms with E-state index in [9.17, 15) is 9.59 Å². The molecule has 0 unspecified atom stereocenters. The van der Waals surface area contributed by atoms with E-state index in [-0.39, 0.29) is 17.7 Å². The largest absolute Gasteiger partial charge is 0.336 e. The van der Waals surface area contributed by atoms with E-state index < -0.39 is 0 Å². The number of amides is 2. The number of aromatic nitrogens is 2. The summed E-state index contributed by atoms with van der Waals surface area (Å²) in [4.78, 5) is 36.6. The van der Waals surface area contributed by atoms with Crippen LogP contribution in [-0.4, -0.2) is 50.9 Å². The highest BCUT2D eigenvalue weighted by atomic mass is 32.2. The molecule has 41 heavy (non-hydrogen) atoms. The van der Waals surface area contributed by atoms with Gasteiger partial charge in [0.1, 0.15) is 0 Å². The molecule has 2 aromatic carbocycles. The van der Waals surface area contributed by atoms with E-state index in [4.69, 9.17) is 5.26 Å². The van der Waals surface area contributed by atoms with Crippen LogP contribution in [0.25, 0.3) is 10.1 Å². The lowest BCUT2D eigenvalue weighted by Crippen LogP contribution is -2.37. The maximum absolute atomic E-state index is 14.2. The average molecular weight is 584 g/mol. The van der Waals surface area contributed by atoms with Crippen molar-refractivity contribution < 1.29 is 9.59 Å². The minimum atomic E-state index is -0.000471. The summed E-state index contributed by atoms with van der Waals surface area (Å²) in [5.74, 6) is 2.18. The Morgan fingerprint density at radius 2 is 1.83 bits per heavy atom. The number of hydrogen-bond acceptors (Lipinski definition) is 6. The van der Waals surface area contributed by atoms with E-state index >= 15 is 0 Å². The first-order valence-electron chi connectivity index (χ1n) is 14.3. The predicted octanol–water partition coefficient (Wildman–Crippen LogP) is 6.32. The molecule has 0 radical (unpaired) electrons. The molecule has 7 nitrogen and oxygen atoms in total. The zero-order chi connectivity index (χ0) is 28.2. The van der Waals surface area contributed by atoms with Gasteiger partial charge < -0.3 is 14.4 Å². The molecule has 2 aliphatic rings. The van der Waals surface area contributed by atoms with Gasteiger partial charge >= 0.3 is 0 Å². The van der Waals surface area contributed by atoms with Crippen LogP contribution in [0.2, 0.25) is 0 Å². The third-order valence-electron chi connectivity index (χ3n) is 8.11. The Balaban J connectivity index is 1.34. The lowest BCUT2D eigenvalue weighted by atomic mass is 9.88. The van der Waals surface area contributed by atoms with E-state index in [0.717, 1.165) is 82.2 Å². The normalized spacial score (nSPS) is 16.0. The minimum Gasteiger partial charge on any atom is -0.336 e. The Morgan fingerprint density at radius 1 is 1.05 bits per heavy atom. The summed E-state index contributed by atoms with van der Waals surface area (Å²) >= 11 is 3.41. The predicted molar refractivity (Wildman–Crippen MR) is 165 cm³/mol. The first-order chi connectivity index (χ1) is 20.1. The fourth-order valence-corrected chi connectivity index (χ4v) is 7.78. The monoisotopic (exact) mass is 583 g/mol. The molecule has 9 heteroatoms. The van der Waals surface area contributed by atoms with Crippen LogP contribution < -0.4 is 4.90 Å². The number of hydrogen-bond donors (Lipinski definition) is 0. The molecule has 6 rings (SSSR count). The van der Waals surface area contributed by atoms with Crippen molar-refractivity contribution in [1.82, 2.24) is 14.5 Å². The van der Waals surface area contributed by atoms with Gasteiger partial charge in [0.2, 0.25) is 5.91 Å². The molecule has 1 aliphatic carbocycles. The van der Waals surface area contributed by atoms with Crippen LogP contribution in [0.1, 0.15) is 58.6 Å². The zero-order valence-electron chi connectivity index (χ0n) is 23.0. The molecule has 2 aromatic heterocycles. The van der Waals surface area contributed by atoms with Gasteiger partial charge in [0.25, 0.3) is 5.91 Å². The van der Waals surface area contributed by atoms with Crippen LogP contribution >= 0.6 is 23.1 Å². The first kappa shape index (κ1) is 27.6. The number of benzene rings is 2. The van der Waals surface area contributed by atoms with Crippen LogP contribution in [0.3, 0.4) is 0 Å². The van der Waals surface area contributed by atoms with Crippen LogP contribution in [0, 0.1) is 17.2 Å². The van der Waals surface area contributed by atoms with Crippen molar-refractivity contribution >= 4 is 50.7 Å². The summed E-state index contributed by atoms with van der Waals surface area (Å²) in [6.07, 6.45) is 8.80. The highest BCUT2D eigenvalue weighted by Crippen LogP contribution is 2.37. The molecule has 4 aromatic rings. The second-order valence-corrected chi connectivity index (χ2v) is 13.1. The van der Waals surface area contributed by atoms with Crippen molar-refractivity contribution in [2.45, 2.75) is 45.2 Å². The van der Waals surface area contributed by atoms with Crippen molar-refractivity contribution in [3.05, 3.63) is 82.8 Å². The van der Waals surface area contributed by atoms with Crippen LogP contribution in [-0.2, 0) is 17.9 Å². The number of rotatable bonds is 7. The molecule has 1 saturated heterocycles. The SMILES string of the molecule is N#Cc1ccc(Cn2cncc2CN(C(=O)C2CCCCC2)c2cccc3sc(C(=O)N4CCSCC4)cc23)cc1. The number of nitriles is 1. The van der Waals surface area contributed by atoms with Gasteiger partial charge in [-0.1, -0.05) is 37.5 Å². The van der Waals surface area contributed by atoms with Gasteiger partial charge in [0.15, 0.2) is 0 Å². The smallest absolute Gasteiger partial charge is 0.264 e. The van der Waals surface area contributed by atoms with Crippen molar-refractivity contribution in [2.75, 3.05) is 29.5 Å². The Bertz CT molecular complexity index is 1570. The van der Waals surface area contributed by atoms with Crippen molar-refractivity contribution in [3.63, 3.8) is 0 Å². The maximum Gasteiger partial charge on any atom is 0.264 e. The van der Waals surface area contributed by atoms with Gasteiger partial charge in [0.05, 0.1) is 40.8 Å². The molecule has 0 N–H and O–H groups in total. The summed E-state index contributed by atoms with van der Waals surface area (Å²) in [5, 5.41) is 10.1. The van der Waals surface area contributed by atoms with Gasteiger partial charge in [-0.3, -0.25) is 9.59 Å². The van der Waals surface area contributed by atoms with Gasteiger partial charge in [-0.2, -0.15) is 17.0 Å². The van der Waals surface area contributed by atoms with Crippen LogP contribution in [0.15, 0.2) is 61.1 Å². The Morgan fingerprint density at radius 3 is 2.59 bits per heavy atom. The topological polar surface area (TPSA) is 82.2 Å². The number of fused-ring (bicyclic) bond motifs is 1. The van der Waals surface area contributed by atoms with E-state index in [1.165, 1.54) is 17.8 Å². The third kappa shape index (κ3) is 6.04. The summed E-state index contributed by atoms with van der Waals surface area (Å²) in [5.41, 5.74) is 3.49. The van der Waals surface area contributed by atoms with E-state index in [1.54, 1.807) is 6.33 Å². The second kappa shape index (κ2) is 12.5. The third-order valence-corrected chi connectivity index (χ3v) is 10.1. The van der Waals surface area contributed by atoms with Gasteiger partial charge in [0, 0.05) is 53.3 Å². The van der Waals surface area contributed by atoms with E-state index in [2.05, 4.69) is 15.6 Å². The summed E-state index contributed by atoms with van der Waals surface area (Å²) in [6, 6.07) is 17.8. The first-order valence-corrected chi connectivity index (χ1v) is 16.3. The number of carbonyl (C=O) groups excluding carboxylic acids is 2. The van der Waals surface area contributed by atoms with Gasteiger partial charge in [-0.25, -0.2) is 4.98 Å². The standard InChI is InChI=1S/C32H33N5O2S2/c33-18-23-9-11-24(12-10-23)20-36-22-34-19-26(36)21-37(31(38)25-5-2-1-3-6-25)28-7-4-8-29-27(28)17-30(41-29)32(39)35-13-15-40-16-14-35/h4,7-12,17,19,22,25H,1-3,5-6,13-16,20-21H2. The lowest BCUT2D eigenvalue weighted by molar-refractivity contribution is -0.123. The Hall–Kier alpha value is -3.61. The van der Waals surface area contributed by atoms with Crippen molar-refractivity contribution in [3.8, 4) is 6.07 Å². The summed E-state index contributed by atoms with van der Waals surface area (Å²) in [6.45, 7) is 2.55. The molecule has 2 fully saturated rings. The van der Waals surface area contributed by atoms with Gasteiger partial charge in [-0.15, -0.1) is 11.3 Å².